The third-order valence-electron chi connectivity index (χ3n) is 3.21. The molecule has 1 aliphatic rings. The molecule has 0 spiro atoms. The Labute approximate surface area is 107 Å². The van der Waals surface area contributed by atoms with Crippen molar-refractivity contribution in [3.05, 3.63) is 35.1 Å². The first-order chi connectivity index (χ1) is 8.54. The Morgan fingerprint density at radius 2 is 2.17 bits per heavy atom. The lowest BCUT2D eigenvalue weighted by molar-refractivity contribution is 0.0925. The smallest absolute Gasteiger partial charge is 0.251 e. The highest BCUT2D eigenvalue weighted by molar-refractivity contribution is 5.94. The summed E-state index contributed by atoms with van der Waals surface area (Å²) in [5, 5.41) is 6.23. The summed E-state index contributed by atoms with van der Waals surface area (Å²) in [5.74, 6) is -0.00733. The van der Waals surface area contributed by atoms with Gasteiger partial charge in [-0.3, -0.25) is 4.79 Å². The topological polar surface area (TPSA) is 41.1 Å². The molecule has 1 aliphatic heterocycles. The highest BCUT2D eigenvalue weighted by Crippen LogP contribution is 2.12. The summed E-state index contributed by atoms with van der Waals surface area (Å²) in [6.07, 6.45) is 0.965. The number of piperidine rings is 1. The zero-order chi connectivity index (χ0) is 13.1. The third kappa shape index (κ3) is 3.29. The minimum absolute atomic E-state index is 0.129. The van der Waals surface area contributed by atoms with Crippen molar-refractivity contribution in [2.24, 2.45) is 5.92 Å². The number of rotatable bonds is 2. The van der Waals surface area contributed by atoms with Gasteiger partial charge >= 0.3 is 0 Å². The van der Waals surface area contributed by atoms with Gasteiger partial charge in [0.2, 0.25) is 0 Å². The first-order valence-electron chi connectivity index (χ1n) is 6.33. The molecular weight excluding hydrogens is 231 g/mol. The molecule has 4 heteroatoms. The van der Waals surface area contributed by atoms with E-state index in [0.29, 0.717) is 11.5 Å². The van der Waals surface area contributed by atoms with Crippen LogP contribution in [0.4, 0.5) is 4.39 Å². The number of amides is 1. The van der Waals surface area contributed by atoms with Crippen molar-refractivity contribution in [1.29, 1.82) is 0 Å². The van der Waals surface area contributed by atoms with E-state index in [1.165, 1.54) is 12.1 Å². The Morgan fingerprint density at radius 1 is 1.39 bits per heavy atom. The first-order valence-corrected chi connectivity index (χ1v) is 6.33. The van der Waals surface area contributed by atoms with Crippen LogP contribution in [0, 0.1) is 18.7 Å². The predicted molar refractivity (Wildman–Crippen MR) is 69.0 cm³/mol. The van der Waals surface area contributed by atoms with Crippen molar-refractivity contribution in [2.45, 2.75) is 26.3 Å². The van der Waals surface area contributed by atoms with Crippen LogP contribution in [0.3, 0.4) is 0 Å². The van der Waals surface area contributed by atoms with E-state index in [4.69, 9.17) is 0 Å². The lowest BCUT2D eigenvalue weighted by atomic mass is 9.97. The molecule has 0 saturated carbocycles. The molecule has 1 heterocycles. The van der Waals surface area contributed by atoms with Gasteiger partial charge in [0.1, 0.15) is 5.82 Å². The Bertz CT molecular complexity index is 427. The molecule has 2 atom stereocenters. The number of halogens is 1. The maximum Gasteiger partial charge on any atom is 0.251 e. The Kier molecular flexibility index (Phi) is 3.97. The maximum absolute atomic E-state index is 13.2. The van der Waals surface area contributed by atoms with Crippen molar-refractivity contribution < 1.29 is 9.18 Å². The van der Waals surface area contributed by atoms with Crippen LogP contribution in [0.1, 0.15) is 29.3 Å². The zero-order valence-electron chi connectivity index (χ0n) is 10.8. The predicted octanol–water partition coefficient (Wildman–Crippen LogP) is 1.86. The van der Waals surface area contributed by atoms with Crippen LogP contribution in [-0.2, 0) is 0 Å². The molecule has 0 bridgehead atoms. The summed E-state index contributed by atoms with van der Waals surface area (Å²) in [7, 11) is 0. The summed E-state index contributed by atoms with van der Waals surface area (Å²) >= 11 is 0. The lowest BCUT2D eigenvalue weighted by Crippen LogP contribution is -2.48. The lowest BCUT2D eigenvalue weighted by Gasteiger charge is -2.28. The number of carbonyl (C=O) groups excluding carboxylic acids is 1. The molecule has 18 heavy (non-hydrogen) atoms. The van der Waals surface area contributed by atoms with E-state index >= 15 is 0 Å². The van der Waals surface area contributed by atoms with Crippen LogP contribution in [0.2, 0.25) is 0 Å². The van der Waals surface area contributed by atoms with Gasteiger partial charge in [0, 0.05) is 18.2 Å². The largest absolute Gasteiger partial charge is 0.348 e. The zero-order valence-corrected chi connectivity index (χ0v) is 10.8. The van der Waals surface area contributed by atoms with Gasteiger partial charge in [0.25, 0.3) is 5.91 Å². The standard InChI is InChI=1S/C14H19FN2O/c1-9-3-11(6-12(15)4-9)14(18)17-13-5-10(2)7-16-8-13/h3-4,6,10,13,16H,5,7-8H2,1-2H3,(H,17,18). The van der Waals surface area contributed by atoms with Gasteiger partial charge in [0.05, 0.1) is 0 Å². The van der Waals surface area contributed by atoms with Crippen LogP contribution in [0.15, 0.2) is 18.2 Å². The SMILES string of the molecule is Cc1cc(F)cc(C(=O)NC2CNCC(C)C2)c1. The molecule has 3 nitrogen and oxygen atoms in total. The van der Waals surface area contributed by atoms with Gasteiger partial charge in [-0.2, -0.15) is 0 Å². The van der Waals surface area contributed by atoms with Crippen LogP contribution < -0.4 is 10.6 Å². The van der Waals surface area contributed by atoms with Crippen LogP contribution in [0.5, 0.6) is 0 Å². The quantitative estimate of drug-likeness (QED) is 0.841. The second-order valence-electron chi connectivity index (χ2n) is 5.19. The fraction of sp³-hybridized carbons (Fsp3) is 0.500. The van der Waals surface area contributed by atoms with Crippen molar-refractivity contribution in [2.75, 3.05) is 13.1 Å². The number of benzene rings is 1. The summed E-state index contributed by atoms with van der Waals surface area (Å²) in [6, 6.07) is 4.53. The van der Waals surface area contributed by atoms with Gasteiger partial charge in [-0.1, -0.05) is 6.92 Å². The number of nitrogens with one attached hydrogen (secondary N) is 2. The molecule has 0 aliphatic carbocycles. The molecule has 98 valence electrons. The van der Waals surface area contributed by atoms with E-state index in [1.54, 1.807) is 13.0 Å². The normalized spacial score (nSPS) is 23.7. The van der Waals surface area contributed by atoms with Crippen molar-refractivity contribution in [3.63, 3.8) is 0 Å². The van der Waals surface area contributed by atoms with Gasteiger partial charge in [0.15, 0.2) is 0 Å². The second-order valence-corrected chi connectivity index (χ2v) is 5.19. The van der Waals surface area contributed by atoms with Crippen LogP contribution in [-0.4, -0.2) is 25.0 Å². The van der Waals surface area contributed by atoms with Crippen molar-refractivity contribution >= 4 is 5.91 Å². The minimum Gasteiger partial charge on any atom is -0.348 e. The summed E-state index contributed by atoms with van der Waals surface area (Å²) in [6.45, 7) is 5.71. The molecular formula is C14H19FN2O. The highest BCUT2D eigenvalue weighted by Gasteiger charge is 2.20. The fourth-order valence-corrected chi connectivity index (χ4v) is 2.40. The molecule has 2 rings (SSSR count). The summed E-state index contributed by atoms with van der Waals surface area (Å²) < 4.78 is 13.2. The molecule has 1 aromatic carbocycles. The second kappa shape index (κ2) is 5.48. The fourth-order valence-electron chi connectivity index (χ4n) is 2.40. The molecule has 0 aromatic heterocycles. The highest BCUT2D eigenvalue weighted by atomic mass is 19.1. The van der Waals surface area contributed by atoms with Crippen molar-refractivity contribution in [1.82, 2.24) is 10.6 Å². The first kappa shape index (κ1) is 13.0. The molecule has 1 aromatic rings. The van der Waals surface area contributed by atoms with Gasteiger partial charge in [-0.05, 0) is 49.6 Å². The average Bonchev–Trinajstić information content (AvgIpc) is 2.27. The van der Waals surface area contributed by atoms with Crippen LogP contribution >= 0.6 is 0 Å². The van der Waals surface area contributed by atoms with Gasteiger partial charge < -0.3 is 10.6 Å². The van der Waals surface area contributed by atoms with Gasteiger partial charge in [-0.15, -0.1) is 0 Å². The Hall–Kier alpha value is -1.42. The van der Waals surface area contributed by atoms with Gasteiger partial charge in [-0.25, -0.2) is 4.39 Å². The monoisotopic (exact) mass is 250 g/mol. The van der Waals surface area contributed by atoms with E-state index in [-0.39, 0.29) is 17.8 Å². The molecule has 1 amide bonds. The number of aryl methyl sites for hydroxylation is 1. The van der Waals surface area contributed by atoms with E-state index in [1.807, 2.05) is 0 Å². The van der Waals surface area contributed by atoms with Crippen molar-refractivity contribution in [3.8, 4) is 0 Å². The molecule has 2 N–H and O–H groups in total. The molecule has 1 saturated heterocycles. The van der Waals surface area contributed by atoms with E-state index in [0.717, 1.165) is 25.1 Å². The Balaban J connectivity index is 2.02. The number of carbonyl (C=O) groups is 1. The Morgan fingerprint density at radius 3 is 2.83 bits per heavy atom. The summed E-state index contributed by atoms with van der Waals surface area (Å²) in [4.78, 5) is 12.0. The number of hydrogen-bond acceptors (Lipinski definition) is 2. The number of hydrogen-bond donors (Lipinski definition) is 2. The summed E-state index contributed by atoms with van der Waals surface area (Å²) in [5.41, 5.74) is 1.15. The van der Waals surface area contributed by atoms with E-state index in [2.05, 4.69) is 17.6 Å². The van der Waals surface area contributed by atoms with Crippen LogP contribution in [0.25, 0.3) is 0 Å². The third-order valence-corrected chi connectivity index (χ3v) is 3.21. The van der Waals surface area contributed by atoms with E-state index in [9.17, 15) is 9.18 Å². The molecule has 1 fully saturated rings. The molecule has 0 radical (unpaired) electrons. The van der Waals surface area contributed by atoms with E-state index < -0.39 is 0 Å². The maximum atomic E-state index is 13.2. The average molecular weight is 250 g/mol. The molecule has 2 unspecified atom stereocenters. The minimum atomic E-state index is -0.365.